The Bertz CT molecular complexity index is 1320. The summed E-state index contributed by atoms with van der Waals surface area (Å²) in [5.74, 6) is -0.0985. The van der Waals surface area contributed by atoms with Crippen LogP contribution >= 0.6 is 15.9 Å². The Kier molecular flexibility index (Phi) is 6.45. The Labute approximate surface area is 197 Å². The van der Waals surface area contributed by atoms with Crippen molar-refractivity contribution in [3.63, 3.8) is 0 Å². The summed E-state index contributed by atoms with van der Waals surface area (Å²) in [5.41, 5.74) is 7.60. The van der Waals surface area contributed by atoms with Gasteiger partial charge in [0.15, 0.2) is 0 Å². The highest BCUT2D eigenvalue weighted by molar-refractivity contribution is 9.10. The van der Waals surface area contributed by atoms with Gasteiger partial charge < -0.3 is 15.4 Å². The first-order valence-corrected chi connectivity index (χ1v) is 10.8. The quantitative estimate of drug-likeness (QED) is 0.411. The van der Waals surface area contributed by atoms with Gasteiger partial charge >= 0.3 is 0 Å². The van der Waals surface area contributed by atoms with Crippen LogP contribution in [0.3, 0.4) is 0 Å². The van der Waals surface area contributed by atoms with Crippen molar-refractivity contribution in [2.75, 3.05) is 12.8 Å². The number of fused-ring (bicyclic) bond motifs is 1. The molecule has 0 aliphatic rings. The molecule has 168 valence electrons. The maximum Gasteiger partial charge on any atom is 0.254 e. The molecule has 1 amide bonds. The molecule has 0 radical (unpaired) electrons. The molecule has 0 fully saturated rings. The zero-order valence-corrected chi connectivity index (χ0v) is 19.5. The highest BCUT2D eigenvalue weighted by Crippen LogP contribution is 2.28. The topological polar surface area (TPSA) is 107 Å². The van der Waals surface area contributed by atoms with Crippen LogP contribution in [0.15, 0.2) is 59.2 Å². The maximum absolute atomic E-state index is 14.5. The van der Waals surface area contributed by atoms with Gasteiger partial charge in [-0.2, -0.15) is 5.10 Å². The number of anilines is 1. The number of ether oxygens (including phenoxy) is 1. The molecule has 8 nitrogen and oxygen atoms in total. The molecular weight excluding hydrogens is 491 g/mol. The van der Waals surface area contributed by atoms with Gasteiger partial charge in [0.1, 0.15) is 11.6 Å². The minimum atomic E-state index is -0.672. The fourth-order valence-electron chi connectivity index (χ4n) is 3.42. The van der Waals surface area contributed by atoms with Gasteiger partial charge in [-0.15, -0.1) is 5.10 Å². The van der Waals surface area contributed by atoms with Gasteiger partial charge in [-0.1, -0.05) is 0 Å². The molecule has 1 aromatic carbocycles. The highest BCUT2D eigenvalue weighted by Gasteiger charge is 2.27. The normalized spacial score (nSPS) is 11.9. The summed E-state index contributed by atoms with van der Waals surface area (Å²) in [6.45, 7) is 1.81. The first-order valence-electron chi connectivity index (χ1n) is 10.0. The third-order valence-corrected chi connectivity index (χ3v) is 5.83. The lowest BCUT2D eigenvalue weighted by Crippen LogP contribution is -2.34. The molecule has 0 aliphatic heterocycles. The molecule has 0 aliphatic carbocycles. The molecule has 4 aromatic rings. The second-order valence-electron chi connectivity index (χ2n) is 7.31. The molecule has 0 spiro atoms. The number of amides is 1. The largest absolute Gasteiger partial charge is 0.480 e. The monoisotopic (exact) mass is 510 g/mol. The maximum atomic E-state index is 14.5. The SMILES string of the molecule is COc1ccc(CN(C(=O)c2ccc3nc(N)c(Br)cc3c2)[C@H](C)c2ncccc2F)nn1. The van der Waals surface area contributed by atoms with Gasteiger partial charge in [-0.05, 0) is 65.3 Å². The number of carbonyl (C=O) groups excluding carboxylic acids is 1. The number of hydrogen-bond acceptors (Lipinski definition) is 7. The number of hydrogen-bond donors (Lipinski definition) is 1. The molecule has 4 rings (SSSR count). The third-order valence-electron chi connectivity index (χ3n) is 5.19. The number of nitrogens with zero attached hydrogens (tertiary/aromatic N) is 5. The Balaban J connectivity index is 1.74. The standard InChI is InChI=1S/C23H20BrFN6O2/c1-13(21-18(25)4-3-9-27-21)31(12-16-6-8-20(33-2)30-29-16)23(32)14-5-7-19-15(10-14)11-17(24)22(26)28-19/h3-11,13H,12H2,1-2H3,(H2,26,28)/t13-/m1/s1. The predicted molar refractivity (Wildman–Crippen MR) is 125 cm³/mol. The van der Waals surface area contributed by atoms with Crippen LogP contribution < -0.4 is 10.5 Å². The van der Waals surface area contributed by atoms with Gasteiger partial charge in [0.05, 0.1) is 41.1 Å². The van der Waals surface area contributed by atoms with Crippen LogP contribution in [0.25, 0.3) is 10.9 Å². The average molecular weight is 511 g/mol. The van der Waals surface area contributed by atoms with E-state index >= 15 is 0 Å². The van der Waals surface area contributed by atoms with Gasteiger partial charge in [0.25, 0.3) is 5.91 Å². The number of nitrogens with two attached hydrogens (primary N) is 1. The Hall–Kier alpha value is -3.66. The molecule has 0 unspecified atom stereocenters. The van der Waals surface area contributed by atoms with Crippen LogP contribution in [0.2, 0.25) is 0 Å². The van der Waals surface area contributed by atoms with Gasteiger partial charge in [0, 0.05) is 23.2 Å². The van der Waals surface area contributed by atoms with Crippen LogP contribution in [0.4, 0.5) is 10.2 Å². The van der Waals surface area contributed by atoms with Crippen LogP contribution in [0, 0.1) is 5.82 Å². The van der Waals surface area contributed by atoms with Crippen molar-refractivity contribution in [3.8, 4) is 5.88 Å². The van der Waals surface area contributed by atoms with E-state index in [0.717, 1.165) is 5.39 Å². The van der Waals surface area contributed by atoms with E-state index in [0.29, 0.717) is 32.9 Å². The number of methoxy groups -OCH3 is 1. The highest BCUT2D eigenvalue weighted by atomic mass is 79.9. The van der Waals surface area contributed by atoms with Gasteiger partial charge in [-0.25, -0.2) is 9.37 Å². The summed E-state index contributed by atoms with van der Waals surface area (Å²) in [6, 6.07) is 12.4. The third kappa shape index (κ3) is 4.75. The van der Waals surface area contributed by atoms with Crippen molar-refractivity contribution in [2.24, 2.45) is 0 Å². The fraction of sp³-hybridized carbons (Fsp3) is 0.174. The van der Waals surface area contributed by atoms with Gasteiger partial charge in [0.2, 0.25) is 5.88 Å². The van der Waals surface area contributed by atoms with E-state index < -0.39 is 11.9 Å². The number of nitrogen functional groups attached to an aromatic ring is 1. The molecule has 0 saturated heterocycles. The molecule has 10 heteroatoms. The second kappa shape index (κ2) is 9.45. The van der Waals surface area contributed by atoms with Crippen LogP contribution in [0.5, 0.6) is 5.88 Å². The zero-order chi connectivity index (χ0) is 23.5. The van der Waals surface area contributed by atoms with E-state index in [9.17, 15) is 9.18 Å². The Morgan fingerprint density at radius 2 is 2.03 bits per heavy atom. The molecule has 3 aromatic heterocycles. The minimum absolute atomic E-state index is 0.0920. The smallest absolute Gasteiger partial charge is 0.254 e. The van der Waals surface area contributed by atoms with E-state index in [1.165, 1.54) is 30.3 Å². The zero-order valence-electron chi connectivity index (χ0n) is 17.9. The molecule has 0 bridgehead atoms. The summed E-state index contributed by atoms with van der Waals surface area (Å²) in [4.78, 5) is 23.6. The number of aromatic nitrogens is 4. The molecule has 3 heterocycles. The van der Waals surface area contributed by atoms with Crippen LogP contribution in [-0.4, -0.2) is 38.1 Å². The summed E-state index contributed by atoms with van der Waals surface area (Å²) < 4.78 is 20.2. The lowest BCUT2D eigenvalue weighted by molar-refractivity contribution is 0.0664. The summed E-state index contributed by atoms with van der Waals surface area (Å²) in [6.07, 6.45) is 1.49. The molecule has 0 saturated carbocycles. The van der Waals surface area contributed by atoms with Crippen LogP contribution in [0.1, 0.15) is 34.7 Å². The first-order chi connectivity index (χ1) is 15.9. The van der Waals surface area contributed by atoms with Crippen molar-refractivity contribution in [3.05, 3.63) is 82.0 Å². The first kappa shape index (κ1) is 22.5. The van der Waals surface area contributed by atoms with Crippen molar-refractivity contribution >= 4 is 38.6 Å². The summed E-state index contributed by atoms with van der Waals surface area (Å²) in [7, 11) is 1.49. The van der Waals surface area contributed by atoms with Crippen molar-refractivity contribution in [1.82, 2.24) is 25.1 Å². The number of benzene rings is 1. The molecule has 1 atom stereocenters. The Morgan fingerprint density at radius 3 is 2.73 bits per heavy atom. The minimum Gasteiger partial charge on any atom is -0.480 e. The van der Waals surface area contributed by atoms with E-state index in [1.807, 2.05) is 0 Å². The number of pyridine rings is 2. The number of rotatable bonds is 6. The molecule has 33 heavy (non-hydrogen) atoms. The van der Waals surface area contributed by atoms with Crippen LogP contribution in [-0.2, 0) is 6.54 Å². The van der Waals surface area contributed by atoms with E-state index in [2.05, 4.69) is 36.1 Å². The molecule has 2 N–H and O–H groups in total. The van der Waals surface area contributed by atoms with Gasteiger partial charge in [-0.3, -0.25) is 9.78 Å². The van der Waals surface area contributed by atoms with Crippen molar-refractivity contribution in [2.45, 2.75) is 19.5 Å². The predicted octanol–water partition coefficient (Wildman–Crippen LogP) is 4.32. The van der Waals surface area contributed by atoms with Crippen molar-refractivity contribution in [1.29, 1.82) is 0 Å². The van der Waals surface area contributed by atoms with E-state index in [4.69, 9.17) is 10.5 Å². The summed E-state index contributed by atoms with van der Waals surface area (Å²) >= 11 is 3.37. The average Bonchev–Trinajstić information content (AvgIpc) is 2.83. The van der Waals surface area contributed by atoms with E-state index in [-0.39, 0.29) is 18.1 Å². The second-order valence-corrected chi connectivity index (χ2v) is 8.16. The summed E-state index contributed by atoms with van der Waals surface area (Å²) in [5, 5.41) is 8.83. The van der Waals surface area contributed by atoms with E-state index in [1.54, 1.807) is 43.3 Å². The number of carbonyl (C=O) groups is 1. The van der Waals surface area contributed by atoms with Crippen molar-refractivity contribution < 1.29 is 13.9 Å². The Morgan fingerprint density at radius 1 is 1.21 bits per heavy atom. The lowest BCUT2D eigenvalue weighted by Gasteiger charge is -2.29. The fourth-order valence-corrected chi connectivity index (χ4v) is 3.75. The lowest BCUT2D eigenvalue weighted by atomic mass is 10.1. The number of halogens is 2. The molecular formula is C23H20BrFN6O2.